The smallest absolute Gasteiger partial charge is 0.175 e. The average molecular weight is 259 g/mol. The lowest BCUT2D eigenvalue weighted by Crippen LogP contribution is -1.95. The van der Waals surface area contributed by atoms with Crippen molar-refractivity contribution >= 4 is 29.0 Å². The molecule has 0 amide bonds. The average Bonchev–Trinajstić information content (AvgIpc) is 2.65. The van der Waals surface area contributed by atoms with Crippen LogP contribution in [0, 0.1) is 18.6 Å². The Morgan fingerprint density at radius 1 is 1.38 bits per heavy atom. The van der Waals surface area contributed by atoms with Crippen molar-refractivity contribution in [2.24, 2.45) is 0 Å². The van der Waals surface area contributed by atoms with Crippen molar-refractivity contribution in [3.63, 3.8) is 0 Å². The zero-order valence-corrected chi connectivity index (χ0v) is 9.83. The summed E-state index contributed by atoms with van der Waals surface area (Å²) in [4.78, 5) is 4.10. The molecule has 1 heterocycles. The summed E-state index contributed by atoms with van der Waals surface area (Å²) in [5.74, 6) is -1.27. The number of aromatic nitrogens is 2. The molecule has 2 aromatic rings. The molecule has 0 spiro atoms. The highest BCUT2D eigenvalue weighted by molar-refractivity contribution is 8.01. The Morgan fingerprint density at radius 3 is 2.75 bits per heavy atom. The molecule has 0 aliphatic rings. The van der Waals surface area contributed by atoms with E-state index in [1.54, 1.807) is 6.92 Å². The predicted molar refractivity (Wildman–Crippen MR) is 59.5 cm³/mol. The number of rotatable bonds is 2. The van der Waals surface area contributed by atoms with Crippen LogP contribution < -0.4 is 5.73 Å². The van der Waals surface area contributed by atoms with Gasteiger partial charge in [-0.1, -0.05) is 11.8 Å². The minimum Gasteiger partial charge on any atom is -0.398 e. The monoisotopic (exact) mass is 259 g/mol. The van der Waals surface area contributed by atoms with E-state index in [9.17, 15) is 8.78 Å². The van der Waals surface area contributed by atoms with Gasteiger partial charge >= 0.3 is 0 Å². The van der Waals surface area contributed by atoms with Gasteiger partial charge in [-0.05, 0) is 30.6 Å². The van der Waals surface area contributed by atoms with Gasteiger partial charge in [-0.2, -0.15) is 4.37 Å². The van der Waals surface area contributed by atoms with Gasteiger partial charge in [0, 0.05) is 5.69 Å². The van der Waals surface area contributed by atoms with Crippen LogP contribution in [0.5, 0.6) is 0 Å². The molecule has 3 nitrogen and oxygen atoms in total. The van der Waals surface area contributed by atoms with Crippen LogP contribution in [0.2, 0.25) is 0 Å². The molecule has 0 saturated heterocycles. The van der Waals surface area contributed by atoms with Gasteiger partial charge in [-0.3, -0.25) is 0 Å². The van der Waals surface area contributed by atoms with Gasteiger partial charge in [0.15, 0.2) is 16.0 Å². The molecule has 1 aromatic heterocycles. The van der Waals surface area contributed by atoms with E-state index in [1.165, 1.54) is 6.07 Å². The van der Waals surface area contributed by atoms with Crippen LogP contribution in [0.1, 0.15) is 5.82 Å². The maximum Gasteiger partial charge on any atom is 0.175 e. The van der Waals surface area contributed by atoms with Crippen molar-refractivity contribution in [1.29, 1.82) is 0 Å². The minimum atomic E-state index is -0.946. The summed E-state index contributed by atoms with van der Waals surface area (Å²) in [5, 5.41) is 0. The van der Waals surface area contributed by atoms with Gasteiger partial charge in [0.1, 0.15) is 5.82 Å². The summed E-state index contributed by atoms with van der Waals surface area (Å²) in [6.45, 7) is 1.73. The third-order valence-electron chi connectivity index (χ3n) is 1.78. The van der Waals surface area contributed by atoms with Crippen LogP contribution >= 0.6 is 23.3 Å². The van der Waals surface area contributed by atoms with Crippen LogP contribution in [-0.2, 0) is 0 Å². The van der Waals surface area contributed by atoms with Crippen LogP contribution in [-0.4, -0.2) is 9.36 Å². The number of halogens is 2. The fourth-order valence-corrected chi connectivity index (χ4v) is 2.72. The number of anilines is 1. The van der Waals surface area contributed by atoms with Crippen molar-refractivity contribution in [3.8, 4) is 0 Å². The zero-order chi connectivity index (χ0) is 11.7. The van der Waals surface area contributed by atoms with E-state index in [1.807, 2.05) is 0 Å². The second-order valence-electron chi connectivity index (χ2n) is 2.99. The molecule has 84 valence electrons. The summed E-state index contributed by atoms with van der Waals surface area (Å²) in [5.41, 5.74) is 5.77. The minimum absolute atomic E-state index is 0.0520. The molecule has 0 aliphatic heterocycles. The quantitative estimate of drug-likeness (QED) is 0.843. The molecular formula is C9H7F2N3S2. The standard InChI is InChI=1S/C9H7F2N3S2/c1-4-13-9(16-14-4)15-8-6(12)3-2-5(10)7(8)11/h2-3H,12H2,1H3. The van der Waals surface area contributed by atoms with Crippen LogP contribution in [0.4, 0.5) is 14.5 Å². The van der Waals surface area contributed by atoms with Gasteiger partial charge in [-0.15, -0.1) is 0 Å². The number of nitrogen functional groups attached to an aromatic ring is 1. The normalized spacial score (nSPS) is 10.7. The van der Waals surface area contributed by atoms with E-state index in [2.05, 4.69) is 9.36 Å². The maximum atomic E-state index is 13.4. The molecule has 0 bridgehead atoms. The molecule has 0 radical (unpaired) electrons. The van der Waals surface area contributed by atoms with E-state index in [4.69, 9.17) is 5.73 Å². The molecule has 16 heavy (non-hydrogen) atoms. The zero-order valence-electron chi connectivity index (χ0n) is 8.20. The number of benzene rings is 1. The van der Waals surface area contributed by atoms with E-state index >= 15 is 0 Å². The lowest BCUT2D eigenvalue weighted by molar-refractivity contribution is 0.492. The molecule has 7 heteroatoms. The van der Waals surface area contributed by atoms with Gasteiger partial charge < -0.3 is 5.73 Å². The van der Waals surface area contributed by atoms with Gasteiger partial charge in [0.25, 0.3) is 0 Å². The van der Waals surface area contributed by atoms with Crippen molar-refractivity contribution in [3.05, 3.63) is 29.6 Å². The summed E-state index contributed by atoms with van der Waals surface area (Å²) in [6.07, 6.45) is 0. The first-order chi connectivity index (χ1) is 7.58. The van der Waals surface area contributed by atoms with Crippen LogP contribution in [0.3, 0.4) is 0 Å². The van der Waals surface area contributed by atoms with E-state index < -0.39 is 11.6 Å². The van der Waals surface area contributed by atoms with Crippen molar-refractivity contribution in [2.45, 2.75) is 16.2 Å². The molecule has 2 N–H and O–H groups in total. The summed E-state index contributed by atoms with van der Waals surface area (Å²) >= 11 is 2.11. The fraction of sp³-hybridized carbons (Fsp3) is 0.111. The second kappa shape index (κ2) is 4.34. The van der Waals surface area contributed by atoms with Gasteiger partial charge in [0.05, 0.1) is 4.90 Å². The highest BCUT2D eigenvalue weighted by Crippen LogP contribution is 2.35. The van der Waals surface area contributed by atoms with Crippen molar-refractivity contribution < 1.29 is 8.78 Å². The van der Waals surface area contributed by atoms with Crippen molar-refractivity contribution in [1.82, 2.24) is 9.36 Å². The molecule has 0 unspecified atom stereocenters. The fourth-order valence-electron chi connectivity index (χ4n) is 1.06. The number of nitrogens with two attached hydrogens (primary N) is 1. The third-order valence-corrected chi connectivity index (χ3v) is 3.74. The predicted octanol–water partition coefficient (Wildman–Crippen LogP) is 2.86. The molecular weight excluding hydrogens is 252 g/mol. The van der Waals surface area contributed by atoms with Crippen LogP contribution in [0.15, 0.2) is 21.4 Å². The summed E-state index contributed by atoms with van der Waals surface area (Å²) < 4.78 is 30.9. The Kier molecular flexibility index (Phi) is 3.06. The highest BCUT2D eigenvalue weighted by Gasteiger charge is 2.15. The first-order valence-electron chi connectivity index (χ1n) is 4.29. The molecule has 0 saturated carbocycles. The maximum absolute atomic E-state index is 13.4. The van der Waals surface area contributed by atoms with E-state index in [0.29, 0.717) is 10.2 Å². The number of hydrogen-bond donors (Lipinski definition) is 1. The number of aryl methyl sites for hydroxylation is 1. The molecule has 0 atom stereocenters. The largest absolute Gasteiger partial charge is 0.398 e. The van der Waals surface area contributed by atoms with Crippen LogP contribution in [0.25, 0.3) is 0 Å². The van der Waals surface area contributed by atoms with Gasteiger partial charge in [-0.25, -0.2) is 13.8 Å². The second-order valence-corrected chi connectivity index (χ2v) is 5.00. The Balaban J connectivity index is 2.37. The van der Waals surface area contributed by atoms with E-state index in [0.717, 1.165) is 29.4 Å². The Hall–Kier alpha value is -1.21. The SMILES string of the molecule is Cc1nsc(Sc2c(N)ccc(F)c2F)n1. The topological polar surface area (TPSA) is 51.8 Å². The lowest BCUT2D eigenvalue weighted by atomic mass is 10.3. The first-order valence-corrected chi connectivity index (χ1v) is 5.88. The number of nitrogens with zero attached hydrogens (tertiary/aromatic N) is 2. The van der Waals surface area contributed by atoms with E-state index in [-0.39, 0.29) is 10.6 Å². The summed E-state index contributed by atoms with van der Waals surface area (Å²) in [7, 11) is 0. The molecule has 1 aromatic carbocycles. The first kappa shape index (κ1) is 11.3. The summed E-state index contributed by atoms with van der Waals surface area (Å²) in [6, 6.07) is 2.33. The molecule has 0 aliphatic carbocycles. The third kappa shape index (κ3) is 2.14. The molecule has 0 fully saturated rings. The molecule has 2 rings (SSSR count). The van der Waals surface area contributed by atoms with Gasteiger partial charge in [0.2, 0.25) is 0 Å². The lowest BCUT2D eigenvalue weighted by Gasteiger charge is -2.04. The Bertz CT molecular complexity index is 527. The van der Waals surface area contributed by atoms with Crippen molar-refractivity contribution in [2.75, 3.05) is 5.73 Å². The Labute approximate surface area is 98.9 Å². The Morgan fingerprint density at radius 2 is 2.12 bits per heavy atom. The number of hydrogen-bond acceptors (Lipinski definition) is 5. The highest BCUT2D eigenvalue weighted by atomic mass is 32.2.